The summed E-state index contributed by atoms with van der Waals surface area (Å²) in [5, 5.41) is 45.6. The van der Waals surface area contributed by atoms with Crippen LogP contribution in [-0.2, 0) is 57.5 Å². The number of carboxylic acids is 1. The summed E-state index contributed by atoms with van der Waals surface area (Å²) in [7, 11) is 0. The summed E-state index contributed by atoms with van der Waals surface area (Å²) in [4.78, 5) is 161. The number of carbonyl (C=O) groups excluding carboxylic acids is 11. The molecule has 3 rings (SSSR count). The van der Waals surface area contributed by atoms with E-state index in [1.54, 1.807) is 20.1 Å². The van der Waals surface area contributed by atoms with Gasteiger partial charge in [-0.25, -0.2) is 4.79 Å². The highest BCUT2D eigenvalue weighted by molar-refractivity contribution is 7.98. The molecule has 0 aromatic carbocycles. The van der Waals surface area contributed by atoms with E-state index in [1.807, 2.05) is 0 Å². The molecular formula is C46H76N12O15S. The van der Waals surface area contributed by atoms with Gasteiger partial charge in [-0.3, -0.25) is 52.7 Å². The number of carboxylic acid groups (broad SMARTS) is 1. The monoisotopic (exact) mass is 1070 g/mol. The maximum absolute atomic E-state index is 14.1. The highest BCUT2D eigenvalue weighted by Gasteiger charge is 2.44. The molecule has 0 spiro atoms. The van der Waals surface area contributed by atoms with Gasteiger partial charge in [0.1, 0.15) is 48.3 Å². The molecule has 0 bridgehead atoms. The third kappa shape index (κ3) is 18.4. The standard InChI is InChI=1S/C46H76N12O15S/c1-23(2)21-29(53-42(68)30-9-6-18-57(30)44(70)31-10-7-17-56(31)35(63)22-50-38(64)26(47)12-14-33(48)61)41(67)52-28(16-20-74-5)39(65)51-27(13-15-34(49)62)40(66)54-36(24(3)59)43(69)55-37(25(4)60)45(71)58-19-8-11-32(58)46(72)73/h23-32,36-37,59-60H,6-22,47H2,1-5H3,(H2,48,61)(H2,49,62)(H,50,64)(H,51,65)(H,52,67)(H,53,68)(H,54,66)(H,55,69)(H,72,73)/t24-,25-,26+,27+,28+,29+,30+,31+,32+,36+,37+/m1/s1. The number of hydrogen-bond acceptors (Lipinski definition) is 16. The van der Waals surface area contributed by atoms with Gasteiger partial charge in [0.2, 0.25) is 65.0 Å². The molecule has 3 aliphatic rings. The first kappa shape index (κ1) is 62.2. The zero-order valence-corrected chi connectivity index (χ0v) is 43.5. The molecule has 28 heteroatoms. The van der Waals surface area contributed by atoms with E-state index in [-0.39, 0.29) is 64.1 Å². The van der Waals surface area contributed by atoms with Gasteiger partial charge in [0.25, 0.3) is 0 Å². The Balaban J connectivity index is 1.76. The molecule has 11 atom stereocenters. The number of rotatable bonds is 29. The van der Waals surface area contributed by atoms with E-state index >= 15 is 0 Å². The molecule has 0 radical (unpaired) electrons. The minimum atomic E-state index is -1.82. The van der Waals surface area contributed by atoms with Crippen LogP contribution in [0, 0.1) is 5.92 Å². The van der Waals surface area contributed by atoms with Crippen molar-refractivity contribution in [3.8, 4) is 0 Å². The summed E-state index contributed by atoms with van der Waals surface area (Å²) in [5.74, 6) is -9.84. The topological polar surface area (TPSA) is 425 Å². The molecule has 0 aromatic rings. The average molecular weight is 1070 g/mol. The zero-order valence-electron chi connectivity index (χ0n) is 42.7. The van der Waals surface area contributed by atoms with Crippen molar-refractivity contribution < 1.29 is 72.9 Å². The molecule has 11 amide bonds. The molecule has 0 unspecified atom stereocenters. The van der Waals surface area contributed by atoms with Crippen LogP contribution in [0.2, 0.25) is 0 Å². The minimum absolute atomic E-state index is 0.00571. The van der Waals surface area contributed by atoms with Crippen LogP contribution in [-0.4, -0.2) is 206 Å². The Bertz CT molecular complexity index is 2060. The zero-order chi connectivity index (χ0) is 55.6. The van der Waals surface area contributed by atoms with Gasteiger partial charge in [0.15, 0.2) is 0 Å². The van der Waals surface area contributed by atoms with Gasteiger partial charge in [0.05, 0.1) is 24.8 Å². The van der Waals surface area contributed by atoms with Crippen LogP contribution in [0.3, 0.4) is 0 Å². The predicted octanol–water partition coefficient (Wildman–Crippen LogP) is -5.00. The average Bonchev–Trinajstić information content (AvgIpc) is 4.14. The number of likely N-dealkylation sites (tertiary alicyclic amines) is 3. The molecule has 3 heterocycles. The fourth-order valence-corrected chi connectivity index (χ4v) is 9.44. The van der Waals surface area contributed by atoms with Crippen LogP contribution in [0.4, 0.5) is 0 Å². The SMILES string of the molecule is CSCC[C@H](NC(=O)[C@H](CC(C)C)NC(=O)[C@@H]1CCCN1C(=O)[C@@H]1CCCN1C(=O)CNC(=O)[C@@H](N)CCC(N)=O)C(=O)N[C@@H](CCC(N)=O)C(=O)N[C@H](C(=O)N[C@H](C(=O)N1CCC[C@H]1C(=O)O)[C@@H](C)O)[C@@H](C)O. The van der Waals surface area contributed by atoms with Gasteiger partial charge in [-0.05, 0) is 96.0 Å². The Kier molecular flexibility index (Phi) is 24.9. The van der Waals surface area contributed by atoms with E-state index in [0.717, 1.165) is 11.8 Å². The number of aliphatic hydroxyl groups excluding tert-OH is 2. The molecule has 3 fully saturated rings. The first-order chi connectivity index (χ1) is 34.8. The van der Waals surface area contributed by atoms with Crippen molar-refractivity contribution in [1.82, 2.24) is 46.6 Å². The number of hydrogen-bond donors (Lipinski definition) is 12. The molecule has 3 aliphatic heterocycles. The lowest BCUT2D eigenvalue weighted by atomic mass is 10.0. The number of amides is 11. The van der Waals surface area contributed by atoms with Crippen molar-refractivity contribution >= 4 is 82.7 Å². The number of carbonyl (C=O) groups is 12. The lowest BCUT2D eigenvalue weighted by Crippen LogP contribution is -2.63. The lowest BCUT2D eigenvalue weighted by Gasteiger charge is -2.32. The van der Waals surface area contributed by atoms with E-state index in [2.05, 4.69) is 31.9 Å². The third-order valence-electron chi connectivity index (χ3n) is 13.0. The van der Waals surface area contributed by atoms with Crippen LogP contribution >= 0.6 is 11.8 Å². The molecule has 27 nitrogen and oxygen atoms in total. The second-order valence-corrected chi connectivity index (χ2v) is 20.3. The molecule has 15 N–H and O–H groups in total. The van der Waals surface area contributed by atoms with Crippen molar-refractivity contribution in [2.75, 3.05) is 38.2 Å². The van der Waals surface area contributed by atoms with E-state index < -0.39 is 157 Å². The van der Waals surface area contributed by atoms with Crippen LogP contribution in [0.15, 0.2) is 0 Å². The van der Waals surface area contributed by atoms with Crippen LogP contribution < -0.4 is 49.1 Å². The first-order valence-corrected chi connectivity index (χ1v) is 26.3. The Labute approximate surface area is 433 Å². The third-order valence-corrected chi connectivity index (χ3v) is 13.6. The van der Waals surface area contributed by atoms with E-state index in [4.69, 9.17) is 17.2 Å². The maximum Gasteiger partial charge on any atom is 0.326 e. The summed E-state index contributed by atoms with van der Waals surface area (Å²) < 4.78 is 0. The van der Waals surface area contributed by atoms with Crippen molar-refractivity contribution in [3.63, 3.8) is 0 Å². The fraction of sp³-hybridized carbons (Fsp3) is 0.739. The fourth-order valence-electron chi connectivity index (χ4n) is 8.97. The van der Waals surface area contributed by atoms with Crippen molar-refractivity contribution in [2.45, 2.75) is 171 Å². The minimum Gasteiger partial charge on any atom is -0.480 e. The summed E-state index contributed by atoms with van der Waals surface area (Å²) >= 11 is 1.33. The Morgan fingerprint density at radius 3 is 1.65 bits per heavy atom. The van der Waals surface area contributed by atoms with Crippen LogP contribution in [0.5, 0.6) is 0 Å². The molecule has 0 aliphatic carbocycles. The molecular weight excluding hydrogens is 993 g/mol. The number of thioether (sulfide) groups is 1. The predicted molar refractivity (Wildman–Crippen MR) is 265 cm³/mol. The first-order valence-electron chi connectivity index (χ1n) is 24.9. The molecule has 0 aromatic heterocycles. The number of nitrogens with one attached hydrogen (secondary N) is 6. The quantitative estimate of drug-likeness (QED) is 0.0334. The van der Waals surface area contributed by atoms with Crippen molar-refractivity contribution in [1.29, 1.82) is 0 Å². The molecule has 3 saturated heterocycles. The summed E-state index contributed by atoms with van der Waals surface area (Å²) in [5.41, 5.74) is 16.3. The summed E-state index contributed by atoms with van der Waals surface area (Å²) in [6.45, 7) is 5.89. The van der Waals surface area contributed by atoms with E-state index in [0.29, 0.717) is 31.4 Å². The summed E-state index contributed by atoms with van der Waals surface area (Å²) in [6.07, 6.45) is -0.416. The molecule has 416 valence electrons. The van der Waals surface area contributed by atoms with Crippen molar-refractivity contribution in [2.24, 2.45) is 23.1 Å². The Hall–Kier alpha value is -6.13. The van der Waals surface area contributed by atoms with Gasteiger partial charge in [-0.2, -0.15) is 11.8 Å². The van der Waals surface area contributed by atoms with Gasteiger partial charge in [-0.1, -0.05) is 13.8 Å². The second-order valence-electron chi connectivity index (χ2n) is 19.3. The highest BCUT2D eigenvalue weighted by Crippen LogP contribution is 2.26. The number of aliphatic carboxylic acids is 1. The van der Waals surface area contributed by atoms with E-state index in [1.165, 1.54) is 28.5 Å². The highest BCUT2D eigenvalue weighted by atomic mass is 32.2. The van der Waals surface area contributed by atoms with Gasteiger partial charge >= 0.3 is 5.97 Å². The number of nitrogens with two attached hydrogens (primary N) is 3. The molecule has 74 heavy (non-hydrogen) atoms. The number of primary amides is 2. The van der Waals surface area contributed by atoms with Crippen LogP contribution in [0.1, 0.15) is 105 Å². The summed E-state index contributed by atoms with van der Waals surface area (Å²) in [6, 6.07) is -11.9. The largest absolute Gasteiger partial charge is 0.480 e. The normalized spacial score (nSPS) is 20.7. The lowest BCUT2D eigenvalue weighted by molar-refractivity contribution is -0.151. The number of aliphatic hydroxyl groups is 2. The van der Waals surface area contributed by atoms with Gasteiger partial charge < -0.3 is 79.1 Å². The Morgan fingerprint density at radius 1 is 0.595 bits per heavy atom. The molecule has 0 saturated carbocycles. The van der Waals surface area contributed by atoms with E-state index in [9.17, 15) is 72.9 Å². The van der Waals surface area contributed by atoms with Crippen molar-refractivity contribution in [3.05, 3.63) is 0 Å². The van der Waals surface area contributed by atoms with Crippen LogP contribution in [0.25, 0.3) is 0 Å². The Morgan fingerprint density at radius 2 is 1.09 bits per heavy atom. The smallest absolute Gasteiger partial charge is 0.326 e. The van der Waals surface area contributed by atoms with Gasteiger partial charge in [-0.15, -0.1) is 0 Å². The second kappa shape index (κ2) is 29.7. The van der Waals surface area contributed by atoms with Gasteiger partial charge in [0, 0.05) is 32.5 Å². The number of nitrogens with zero attached hydrogens (tertiary/aromatic N) is 3. The maximum atomic E-state index is 14.1.